The van der Waals surface area contributed by atoms with E-state index < -0.39 is 0 Å². The van der Waals surface area contributed by atoms with Crippen LogP contribution < -0.4 is 0 Å². The summed E-state index contributed by atoms with van der Waals surface area (Å²) in [6.45, 7) is 8.91. The molecule has 23 heavy (non-hydrogen) atoms. The number of benzene rings is 1. The van der Waals surface area contributed by atoms with Gasteiger partial charge in [0.25, 0.3) is 5.91 Å². The maximum atomic E-state index is 12.4. The molecule has 0 saturated heterocycles. The zero-order valence-corrected chi connectivity index (χ0v) is 15.1. The minimum Gasteiger partial charge on any atom is -0.454 e. The van der Waals surface area contributed by atoms with E-state index in [9.17, 15) is 4.79 Å². The number of amides is 1. The minimum absolute atomic E-state index is 0.128. The van der Waals surface area contributed by atoms with Crippen LogP contribution in [-0.2, 0) is 12.0 Å². The normalized spacial score (nSPS) is 13.0. The van der Waals surface area contributed by atoms with Gasteiger partial charge in [0.2, 0.25) is 0 Å². The van der Waals surface area contributed by atoms with E-state index in [2.05, 4.69) is 45.0 Å². The molecule has 124 valence electrons. The molecule has 2 rings (SSSR count). The monoisotopic (exact) mass is 333 g/mol. The highest BCUT2D eigenvalue weighted by molar-refractivity contribution is 6.20. The number of halogens is 1. The predicted octanol–water partition coefficient (Wildman–Crippen LogP) is 5.15. The van der Waals surface area contributed by atoms with Crippen molar-refractivity contribution in [3.63, 3.8) is 0 Å². The van der Waals surface area contributed by atoms with E-state index in [-0.39, 0.29) is 16.7 Å². The second-order valence-electron chi connectivity index (χ2n) is 6.93. The van der Waals surface area contributed by atoms with Crippen molar-refractivity contribution >= 4 is 17.5 Å². The van der Waals surface area contributed by atoms with E-state index in [1.807, 2.05) is 6.92 Å². The molecule has 0 radical (unpaired) electrons. The lowest BCUT2D eigenvalue weighted by Crippen LogP contribution is -2.25. The van der Waals surface area contributed by atoms with Gasteiger partial charge in [0.15, 0.2) is 5.76 Å². The molecule has 0 aliphatic rings. The zero-order chi connectivity index (χ0) is 17.2. The van der Waals surface area contributed by atoms with E-state index in [1.165, 1.54) is 5.56 Å². The summed E-state index contributed by atoms with van der Waals surface area (Å²) in [5, 5.41) is -0.244. The summed E-state index contributed by atoms with van der Waals surface area (Å²) < 4.78 is 5.51. The van der Waals surface area contributed by atoms with Crippen LogP contribution in [0.5, 0.6) is 0 Å². The molecule has 1 aromatic carbocycles. The third kappa shape index (κ3) is 4.38. The third-order valence-corrected chi connectivity index (χ3v) is 4.03. The molecule has 1 unspecified atom stereocenters. The van der Waals surface area contributed by atoms with Gasteiger partial charge in [-0.2, -0.15) is 0 Å². The lowest BCUT2D eigenvalue weighted by molar-refractivity contribution is 0.0751. The van der Waals surface area contributed by atoms with Crippen LogP contribution in [0.25, 0.3) is 0 Å². The molecule has 0 bridgehead atoms. The Morgan fingerprint density at radius 3 is 2.26 bits per heavy atom. The van der Waals surface area contributed by atoms with E-state index in [0.29, 0.717) is 18.1 Å². The third-order valence-electron chi connectivity index (χ3n) is 3.82. The van der Waals surface area contributed by atoms with Crippen molar-refractivity contribution in [2.75, 3.05) is 7.05 Å². The molecule has 0 aliphatic heterocycles. The smallest absolute Gasteiger partial charge is 0.289 e. The molecular weight excluding hydrogens is 310 g/mol. The topological polar surface area (TPSA) is 33.5 Å². The van der Waals surface area contributed by atoms with Gasteiger partial charge < -0.3 is 9.32 Å². The number of rotatable bonds is 4. The van der Waals surface area contributed by atoms with Crippen molar-refractivity contribution in [3.05, 3.63) is 59.0 Å². The molecule has 0 saturated carbocycles. The van der Waals surface area contributed by atoms with Gasteiger partial charge in [-0.3, -0.25) is 4.79 Å². The van der Waals surface area contributed by atoms with Crippen molar-refractivity contribution in [2.45, 2.75) is 45.0 Å². The van der Waals surface area contributed by atoms with Crippen molar-refractivity contribution < 1.29 is 9.21 Å². The van der Waals surface area contributed by atoms with Crippen LogP contribution in [0.2, 0.25) is 0 Å². The van der Waals surface area contributed by atoms with Gasteiger partial charge in [-0.05, 0) is 35.6 Å². The van der Waals surface area contributed by atoms with E-state index in [1.54, 1.807) is 24.1 Å². The fraction of sp³-hybridized carbons (Fsp3) is 0.421. The molecule has 1 aromatic heterocycles. The van der Waals surface area contributed by atoms with Crippen LogP contribution >= 0.6 is 11.6 Å². The molecule has 4 heteroatoms. The quantitative estimate of drug-likeness (QED) is 0.725. The van der Waals surface area contributed by atoms with Gasteiger partial charge in [0.05, 0.1) is 5.38 Å². The average molecular weight is 334 g/mol. The van der Waals surface area contributed by atoms with Crippen molar-refractivity contribution in [1.82, 2.24) is 4.90 Å². The Morgan fingerprint density at radius 2 is 1.78 bits per heavy atom. The van der Waals surface area contributed by atoms with E-state index >= 15 is 0 Å². The lowest BCUT2D eigenvalue weighted by atomic mass is 9.87. The lowest BCUT2D eigenvalue weighted by Gasteiger charge is -2.20. The summed E-state index contributed by atoms with van der Waals surface area (Å²) in [4.78, 5) is 14.0. The average Bonchev–Trinajstić information content (AvgIpc) is 2.96. The SMILES string of the molecule is CC(Cl)c1ccc(C(=O)N(C)Cc2ccc(C(C)(C)C)cc2)o1. The highest BCUT2D eigenvalue weighted by Crippen LogP contribution is 2.24. The van der Waals surface area contributed by atoms with Gasteiger partial charge in [-0.15, -0.1) is 11.6 Å². The van der Waals surface area contributed by atoms with Crippen LogP contribution in [0.3, 0.4) is 0 Å². The van der Waals surface area contributed by atoms with Crippen molar-refractivity contribution in [2.24, 2.45) is 0 Å². The van der Waals surface area contributed by atoms with Crippen molar-refractivity contribution in [1.29, 1.82) is 0 Å². The van der Waals surface area contributed by atoms with Crippen molar-refractivity contribution in [3.8, 4) is 0 Å². The fourth-order valence-electron chi connectivity index (χ4n) is 2.33. The molecular formula is C19H24ClNO2. The van der Waals surface area contributed by atoms with Crippen LogP contribution in [0.15, 0.2) is 40.8 Å². The van der Waals surface area contributed by atoms with Gasteiger partial charge in [-0.25, -0.2) is 0 Å². The number of hydrogen-bond donors (Lipinski definition) is 0. The number of furan rings is 1. The summed E-state index contributed by atoms with van der Waals surface area (Å²) >= 11 is 5.96. The van der Waals surface area contributed by atoms with Crippen LogP contribution in [0.1, 0.15) is 60.5 Å². The van der Waals surface area contributed by atoms with E-state index in [4.69, 9.17) is 16.0 Å². The number of hydrogen-bond acceptors (Lipinski definition) is 2. The van der Waals surface area contributed by atoms with Crippen LogP contribution in [-0.4, -0.2) is 17.9 Å². The summed E-state index contributed by atoms with van der Waals surface area (Å²) in [6.07, 6.45) is 0. The maximum absolute atomic E-state index is 12.4. The summed E-state index contributed by atoms with van der Waals surface area (Å²) in [6, 6.07) is 11.8. The summed E-state index contributed by atoms with van der Waals surface area (Å²) in [5.74, 6) is 0.785. The first-order valence-corrected chi connectivity index (χ1v) is 8.21. The standard InChI is InChI=1S/C19H24ClNO2/c1-13(20)16-10-11-17(23-16)18(22)21(5)12-14-6-8-15(9-7-14)19(2,3)4/h6-11,13H,12H2,1-5H3. The molecule has 0 spiro atoms. The highest BCUT2D eigenvalue weighted by atomic mass is 35.5. The number of carbonyl (C=O) groups excluding carboxylic acids is 1. The molecule has 0 aliphatic carbocycles. The first-order valence-electron chi connectivity index (χ1n) is 7.77. The second kappa shape index (κ2) is 6.79. The van der Waals surface area contributed by atoms with E-state index in [0.717, 1.165) is 5.56 Å². The number of nitrogens with zero attached hydrogens (tertiary/aromatic N) is 1. The van der Waals surface area contributed by atoms with Gasteiger partial charge in [-0.1, -0.05) is 45.0 Å². The van der Waals surface area contributed by atoms with Crippen LogP contribution in [0.4, 0.5) is 0 Å². The first kappa shape index (κ1) is 17.6. The van der Waals surface area contributed by atoms with Gasteiger partial charge >= 0.3 is 0 Å². The second-order valence-corrected chi connectivity index (χ2v) is 7.58. The molecule has 1 atom stereocenters. The molecule has 2 aromatic rings. The maximum Gasteiger partial charge on any atom is 0.289 e. The first-order chi connectivity index (χ1) is 10.7. The predicted molar refractivity (Wildman–Crippen MR) is 93.9 cm³/mol. The summed E-state index contributed by atoms with van der Waals surface area (Å²) in [5.41, 5.74) is 2.50. The molecule has 3 nitrogen and oxygen atoms in total. The molecule has 1 heterocycles. The van der Waals surface area contributed by atoms with Gasteiger partial charge in [0, 0.05) is 13.6 Å². The molecule has 0 N–H and O–H groups in total. The van der Waals surface area contributed by atoms with Crippen LogP contribution in [0, 0.1) is 0 Å². The zero-order valence-electron chi connectivity index (χ0n) is 14.4. The molecule has 1 amide bonds. The summed E-state index contributed by atoms with van der Waals surface area (Å²) in [7, 11) is 1.77. The Hall–Kier alpha value is -1.74. The molecule has 0 fully saturated rings. The Labute approximate surface area is 143 Å². The Bertz CT molecular complexity index is 665. The van der Waals surface area contributed by atoms with Gasteiger partial charge in [0.1, 0.15) is 5.76 Å². The minimum atomic E-state index is -0.244. The number of carbonyl (C=O) groups is 1. The number of alkyl halides is 1. The Balaban J connectivity index is 2.05. The highest BCUT2D eigenvalue weighted by Gasteiger charge is 2.18. The Morgan fingerprint density at radius 1 is 1.17 bits per heavy atom. The fourth-order valence-corrected chi connectivity index (χ4v) is 2.44. The Kier molecular flexibility index (Phi) is 5.20. The largest absolute Gasteiger partial charge is 0.454 e.